The van der Waals surface area contributed by atoms with Crippen LogP contribution in [0.3, 0.4) is 0 Å². The van der Waals surface area contributed by atoms with Crippen molar-refractivity contribution in [1.82, 2.24) is 10.2 Å². The number of rotatable bonds is 0. The molecule has 2 aliphatic carbocycles. The molecule has 0 saturated heterocycles. The number of carbonyl (C=O) groups excluding carboxylic acids is 1. The van der Waals surface area contributed by atoms with Crippen molar-refractivity contribution in [3.8, 4) is 0 Å². The molecule has 4 rings (SSSR count). The molecule has 3 nitrogen and oxygen atoms in total. The molecule has 1 aromatic carbocycles. The number of hydrogen-bond donors (Lipinski definition) is 1. The molecule has 0 saturated carbocycles. The van der Waals surface area contributed by atoms with Crippen molar-refractivity contribution < 1.29 is 4.79 Å². The van der Waals surface area contributed by atoms with Crippen molar-refractivity contribution >= 4 is 16.7 Å². The Morgan fingerprint density at radius 2 is 2.22 bits per heavy atom. The van der Waals surface area contributed by atoms with Gasteiger partial charge in [0, 0.05) is 16.9 Å². The van der Waals surface area contributed by atoms with Crippen molar-refractivity contribution in [2.24, 2.45) is 5.92 Å². The summed E-state index contributed by atoms with van der Waals surface area (Å²) >= 11 is 0. The molecule has 0 amide bonds. The summed E-state index contributed by atoms with van der Waals surface area (Å²) in [6.45, 7) is 2.02. The largest absolute Gasteiger partial charge is 0.293 e. The molecular formula is C15H12N2O. The van der Waals surface area contributed by atoms with E-state index < -0.39 is 0 Å². The lowest BCUT2D eigenvalue weighted by atomic mass is 9.71. The summed E-state index contributed by atoms with van der Waals surface area (Å²) in [4.78, 5) is 12.6. The van der Waals surface area contributed by atoms with Gasteiger partial charge >= 0.3 is 0 Å². The molecule has 18 heavy (non-hydrogen) atoms. The number of ketones is 1. The first kappa shape index (κ1) is 9.83. The minimum Gasteiger partial charge on any atom is -0.293 e. The highest BCUT2D eigenvalue weighted by Crippen LogP contribution is 2.43. The molecule has 1 N–H and O–H groups in total. The van der Waals surface area contributed by atoms with Crippen molar-refractivity contribution in [3.05, 3.63) is 53.3 Å². The Morgan fingerprint density at radius 1 is 1.33 bits per heavy atom. The van der Waals surface area contributed by atoms with Crippen LogP contribution in [-0.2, 0) is 0 Å². The molecule has 0 aliphatic heterocycles. The fraction of sp³-hybridized carbons (Fsp3) is 0.200. The molecule has 0 bridgehead atoms. The van der Waals surface area contributed by atoms with E-state index in [9.17, 15) is 4.79 Å². The van der Waals surface area contributed by atoms with E-state index in [1.165, 1.54) is 0 Å². The molecule has 88 valence electrons. The van der Waals surface area contributed by atoms with Crippen LogP contribution >= 0.6 is 0 Å². The van der Waals surface area contributed by atoms with Crippen LogP contribution in [0.15, 0.2) is 42.0 Å². The van der Waals surface area contributed by atoms with Gasteiger partial charge in [-0.2, -0.15) is 5.10 Å². The Labute approximate surface area is 104 Å². The second-order valence-corrected chi connectivity index (χ2v) is 5.00. The Kier molecular flexibility index (Phi) is 1.74. The van der Waals surface area contributed by atoms with Crippen LogP contribution in [0, 0.1) is 5.92 Å². The third kappa shape index (κ3) is 1.04. The van der Waals surface area contributed by atoms with E-state index in [-0.39, 0.29) is 17.6 Å². The molecule has 0 radical (unpaired) electrons. The fourth-order valence-electron chi connectivity index (χ4n) is 3.16. The molecule has 2 aromatic rings. The van der Waals surface area contributed by atoms with E-state index in [2.05, 4.69) is 16.3 Å². The summed E-state index contributed by atoms with van der Waals surface area (Å²) in [6.07, 6.45) is 6.14. The summed E-state index contributed by atoms with van der Waals surface area (Å²) in [5.74, 6) is 0.236. The Morgan fingerprint density at radius 3 is 3.11 bits per heavy atom. The van der Waals surface area contributed by atoms with E-state index in [1.807, 2.05) is 37.3 Å². The molecule has 1 aromatic heterocycles. The van der Waals surface area contributed by atoms with Crippen molar-refractivity contribution in [2.45, 2.75) is 12.8 Å². The van der Waals surface area contributed by atoms with Crippen LogP contribution in [0.1, 0.15) is 28.9 Å². The molecule has 2 unspecified atom stereocenters. The normalized spacial score (nSPS) is 25.2. The molecule has 1 heterocycles. The van der Waals surface area contributed by atoms with E-state index >= 15 is 0 Å². The highest BCUT2D eigenvalue weighted by atomic mass is 16.1. The van der Waals surface area contributed by atoms with E-state index in [1.54, 1.807) is 0 Å². The summed E-state index contributed by atoms with van der Waals surface area (Å²) in [5.41, 5.74) is 3.89. The Hall–Kier alpha value is -2.16. The summed E-state index contributed by atoms with van der Waals surface area (Å²) < 4.78 is 0. The van der Waals surface area contributed by atoms with Gasteiger partial charge in [-0.15, -0.1) is 0 Å². The average Bonchev–Trinajstić information content (AvgIpc) is 2.80. The predicted octanol–water partition coefficient (Wildman–Crippen LogP) is 2.98. The van der Waals surface area contributed by atoms with Gasteiger partial charge in [0.1, 0.15) is 0 Å². The van der Waals surface area contributed by atoms with Gasteiger partial charge in [-0.05, 0) is 13.0 Å². The number of Topliss-reactive ketones (excluding diaryl/α,β-unsaturated/α-hetero) is 1. The van der Waals surface area contributed by atoms with Crippen molar-refractivity contribution in [3.63, 3.8) is 0 Å². The third-order valence-electron chi connectivity index (χ3n) is 4.01. The molecular weight excluding hydrogens is 224 g/mol. The van der Waals surface area contributed by atoms with Crippen LogP contribution in [0.2, 0.25) is 0 Å². The van der Waals surface area contributed by atoms with Crippen LogP contribution in [0.25, 0.3) is 10.9 Å². The van der Waals surface area contributed by atoms with E-state index in [0.717, 1.165) is 27.7 Å². The van der Waals surface area contributed by atoms with Gasteiger partial charge in [0.25, 0.3) is 0 Å². The number of hydrogen-bond acceptors (Lipinski definition) is 2. The first-order valence-corrected chi connectivity index (χ1v) is 6.13. The van der Waals surface area contributed by atoms with Crippen LogP contribution in [-0.4, -0.2) is 16.0 Å². The number of H-pyrrole nitrogens is 1. The zero-order valence-electron chi connectivity index (χ0n) is 9.97. The molecule has 0 spiro atoms. The zero-order chi connectivity index (χ0) is 12.3. The molecule has 2 atom stereocenters. The quantitative estimate of drug-likeness (QED) is 0.764. The number of nitrogens with zero attached hydrogens (tertiary/aromatic N) is 1. The summed E-state index contributed by atoms with van der Waals surface area (Å²) in [5, 5.41) is 8.46. The summed E-state index contributed by atoms with van der Waals surface area (Å²) in [7, 11) is 0. The lowest BCUT2D eigenvalue weighted by Crippen LogP contribution is -2.28. The van der Waals surface area contributed by atoms with Crippen LogP contribution in [0.5, 0.6) is 0 Å². The van der Waals surface area contributed by atoms with Gasteiger partial charge < -0.3 is 0 Å². The maximum atomic E-state index is 12.6. The number of allylic oxidation sites excluding steroid dienone is 4. The van der Waals surface area contributed by atoms with Crippen LogP contribution < -0.4 is 0 Å². The van der Waals surface area contributed by atoms with Gasteiger partial charge in [-0.3, -0.25) is 9.89 Å². The Balaban J connectivity index is 2.10. The maximum Gasteiger partial charge on any atom is 0.171 e. The monoisotopic (exact) mass is 236 g/mol. The number of carbonyl (C=O) groups is 1. The summed E-state index contributed by atoms with van der Waals surface area (Å²) in [6, 6.07) is 5.79. The van der Waals surface area contributed by atoms with Gasteiger partial charge in [-0.1, -0.05) is 35.9 Å². The SMILES string of the molecule is CC1=CC=CC2c3n[nH]c4cccc(c34)C(=O)C12. The second kappa shape index (κ2) is 3.19. The smallest absolute Gasteiger partial charge is 0.171 e. The third-order valence-corrected chi connectivity index (χ3v) is 4.01. The lowest BCUT2D eigenvalue weighted by molar-refractivity contribution is 0.0927. The Bertz CT molecular complexity index is 736. The molecule has 0 fully saturated rings. The lowest BCUT2D eigenvalue weighted by Gasteiger charge is -2.30. The highest BCUT2D eigenvalue weighted by Gasteiger charge is 2.39. The first-order valence-electron chi connectivity index (χ1n) is 6.13. The maximum absolute atomic E-state index is 12.6. The van der Waals surface area contributed by atoms with Gasteiger partial charge in [0.15, 0.2) is 5.78 Å². The first-order chi connectivity index (χ1) is 8.77. The number of aromatic amines is 1. The predicted molar refractivity (Wildman–Crippen MR) is 69.6 cm³/mol. The minimum absolute atomic E-state index is 0.0728. The minimum atomic E-state index is -0.0728. The molecule has 3 heteroatoms. The van der Waals surface area contributed by atoms with Gasteiger partial charge in [0.05, 0.1) is 17.1 Å². The van der Waals surface area contributed by atoms with Gasteiger partial charge in [-0.25, -0.2) is 0 Å². The number of benzene rings is 1. The fourth-order valence-corrected chi connectivity index (χ4v) is 3.16. The number of fused-ring (bicyclic) bond motifs is 2. The standard InChI is InChI=1S/C15H12N2O/c1-8-4-2-5-9-12(8)15(18)10-6-3-7-11-13(10)14(9)17-16-11/h2-7,9,12H,1H3,(H,16,17). The average molecular weight is 236 g/mol. The van der Waals surface area contributed by atoms with Crippen molar-refractivity contribution in [2.75, 3.05) is 0 Å². The van der Waals surface area contributed by atoms with Crippen molar-refractivity contribution in [1.29, 1.82) is 0 Å². The van der Waals surface area contributed by atoms with Crippen LogP contribution in [0.4, 0.5) is 0 Å². The molecule has 2 aliphatic rings. The zero-order valence-corrected chi connectivity index (χ0v) is 9.97. The van der Waals surface area contributed by atoms with E-state index in [0.29, 0.717) is 0 Å². The number of nitrogens with one attached hydrogen (secondary N) is 1. The van der Waals surface area contributed by atoms with Gasteiger partial charge in [0.2, 0.25) is 0 Å². The second-order valence-electron chi connectivity index (χ2n) is 5.00. The highest BCUT2D eigenvalue weighted by molar-refractivity contribution is 6.13. The van der Waals surface area contributed by atoms with E-state index in [4.69, 9.17) is 0 Å². The number of aromatic nitrogens is 2. The topological polar surface area (TPSA) is 45.8 Å².